The lowest BCUT2D eigenvalue weighted by Crippen LogP contribution is -2.55. The van der Waals surface area contributed by atoms with Crippen molar-refractivity contribution in [2.45, 2.75) is 62.8 Å². The Morgan fingerprint density at radius 1 is 1.26 bits per heavy atom. The van der Waals surface area contributed by atoms with Gasteiger partial charge in [0.1, 0.15) is 6.04 Å². The zero-order chi connectivity index (χ0) is 22.8. The molecule has 0 radical (unpaired) electrons. The molecular weight excluding hydrogens is 400 g/mol. The van der Waals surface area contributed by atoms with Crippen molar-refractivity contribution in [2.75, 3.05) is 20.2 Å². The minimum absolute atomic E-state index is 0.283. The van der Waals surface area contributed by atoms with Gasteiger partial charge in [-0.1, -0.05) is 36.8 Å². The molecule has 1 saturated heterocycles. The Morgan fingerprint density at radius 3 is 2.61 bits per heavy atom. The lowest BCUT2D eigenvalue weighted by atomic mass is 10.0. The summed E-state index contributed by atoms with van der Waals surface area (Å²) < 4.78 is 4.61. The van der Waals surface area contributed by atoms with Crippen LogP contribution in [0.5, 0.6) is 0 Å². The van der Waals surface area contributed by atoms with Crippen LogP contribution in [-0.4, -0.2) is 72.2 Å². The number of nitrogens with zero attached hydrogens (tertiary/aromatic N) is 1. The average molecular weight is 435 g/mol. The van der Waals surface area contributed by atoms with Crippen LogP contribution in [-0.2, 0) is 25.5 Å². The van der Waals surface area contributed by atoms with E-state index in [-0.39, 0.29) is 5.91 Å². The predicted octanol–water partition coefficient (Wildman–Crippen LogP) is -0.305. The summed E-state index contributed by atoms with van der Waals surface area (Å²) >= 11 is 0. The van der Waals surface area contributed by atoms with Crippen molar-refractivity contribution < 1.29 is 24.2 Å². The molecule has 0 aromatic heterocycles. The maximum atomic E-state index is 13.0. The minimum Gasteiger partial charge on any atom is -0.467 e. The summed E-state index contributed by atoms with van der Waals surface area (Å²) in [5, 5.41) is 13.0. The van der Waals surface area contributed by atoms with Crippen molar-refractivity contribution in [1.29, 1.82) is 0 Å². The number of hydrogen-bond donors (Lipinski definition) is 4. The molecule has 31 heavy (non-hydrogen) atoms. The van der Waals surface area contributed by atoms with Gasteiger partial charge >= 0.3 is 5.97 Å². The van der Waals surface area contributed by atoms with Gasteiger partial charge < -0.3 is 31.5 Å². The van der Waals surface area contributed by atoms with Crippen molar-refractivity contribution in [3.05, 3.63) is 35.9 Å². The summed E-state index contributed by atoms with van der Waals surface area (Å²) in [5.74, 6) is -1.50. The molecule has 1 heterocycles. The van der Waals surface area contributed by atoms with Crippen molar-refractivity contribution >= 4 is 17.8 Å². The number of rotatable bonds is 11. The molecule has 6 N–H and O–H groups in total. The molecule has 0 spiro atoms. The molecule has 0 bridgehead atoms. The first-order valence-electron chi connectivity index (χ1n) is 10.7. The van der Waals surface area contributed by atoms with Crippen LogP contribution in [0.4, 0.5) is 0 Å². The van der Waals surface area contributed by atoms with Crippen LogP contribution < -0.4 is 16.8 Å². The highest BCUT2D eigenvalue weighted by atomic mass is 16.5. The molecule has 2 rings (SSSR count). The van der Waals surface area contributed by atoms with E-state index in [0.29, 0.717) is 51.6 Å². The fourth-order valence-electron chi connectivity index (χ4n) is 3.85. The summed E-state index contributed by atoms with van der Waals surface area (Å²) in [6, 6.07) is 7.22. The number of carbonyl (C=O) groups is 3. The van der Waals surface area contributed by atoms with E-state index in [2.05, 4.69) is 10.1 Å². The molecule has 1 fully saturated rings. The SMILES string of the molecule is COC(=O)[C@@H](O)[C@H](CCCCN)NC(=O)[C@@H]1CCCN1C(=O)[C@H](N)Cc1ccccc1. The Kier molecular flexibility index (Phi) is 9.90. The number of aliphatic hydroxyl groups excluding tert-OH is 1. The van der Waals surface area contributed by atoms with E-state index >= 15 is 0 Å². The van der Waals surface area contributed by atoms with Gasteiger partial charge in [0.2, 0.25) is 11.8 Å². The Bertz CT molecular complexity index is 730. The third-order valence-corrected chi connectivity index (χ3v) is 5.57. The Balaban J connectivity index is 2.03. The fraction of sp³-hybridized carbons (Fsp3) is 0.591. The number of carbonyl (C=O) groups excluding carboxylic acids is 3. The number of esters is 1. The number of likely N-dealkylation sites (tertiary alicyclic amines) is 1. The second kappa shape index (κ2) is 12.4. The van der Waals surface area contributed by atoms with Crippen LogP contribution in [0.3, 0.4) is 0 Å². The largest absolute Gasteiger partial charge is 0.467 e. The maximum absolute atomic E-state index is 13.0. The molecule has 1 aliphatic heterocycles. The first-order chi connectivity index (χ1) is 14.9. The quantitative estimate of drug-likeness (QED) is 0.276. The maximum Gasteiger partial charge on any atom is 0.336 e. The Morgan fingerprint density at radius 2 is 1.97 bits per heavy atom. The topological polar surface area (TPSA) is 148 Å². The number of nitrogens with one attached hydrogen (secondary N) is 1. The molecule has 4 atom stereocenters. The lowest BCUT2D eigenvalue weighted by Gasteiger charge is -2.29. The highest BCUT2D eigenvalue weighted by Crippen LogP contribution is 2.20. The molecule has 1 aliphatic rings. The minimum atomic E-state index is -1.49. The van der Waals surface area contributed by atoms with Gasteiger partial charge in [0.05, 0.1) is 19.2 Å². The number of nitrogens with two attached hydrogens (primary N) is 2. The van der Waals surface area contributed by atoms with Gasteiger partial charge in [-0.2, -0.15) is 0 Å². The standard InChI is InChI=1S/C22H34N4O5/c1-31-22(30)19(27)17(10-5-6-12-23)25-20(28)18-11-7-13-26(18)21(29)16(24)14-15-8-3-2-4-9-15/h2-4,8-9,16-19,27H,5-7,10-14,23-24H2,1H3,(H,25,28)/t16-,17+,18+,19+/m1/s1. The van der Waals surface area contributed by atoms with Gasteiger partial charge in [-0.05, 0) is 44.2 Å². The van der Waals surface area contributed by atoms with E-state index in [9.17, 15) is 19.5 Å². The molecule has 1 aromatic carbocycles. The number of benzene rings is 1. The second-order valence-corrected chi connectivity index (χ2v) is 7.85. The number of aliphatic hydroxyl groups is 1. The van der Waals surface area contributed by atoms with Crippen LogP contribution in [0.15, 0.2) is 30.3 Å². The zero-order valence-electron chi connectivity index (χ0n) is 18.0. The number of unbranched alkanes of at least 4 members (excludes halogenated alkanes) is 1. The molecule has 9 nitrogen and oxygen atoms in total. The van der Waals surface area contributed by atoms with E-state index < -0.39 is 36.1 Å². The van der Waals surface area contributed by atoms with Gasteiger partial charge in [-0.25, -0.2) is 4.79 Å². The first-order valence-corrected chi connectivity index (χ1v) is 10.7. The van der Waals surface area contributed by atoms with Gasteiger partial charge in [0.15, 0.2) is 6.10 Å². The van der Waals surface area contributed by atoms with Gasteiger partial charge in [0.25, 0.3) is 0 Å². The molecule has 172 valence electrons. The van der Waals surface area contributed by atoms with Crippen molar-refractivity contribution in [3.63, 3.8) is 0 Å². The predicted molar refractivity (Wildman–Crippen MR) is 116 cm³/mol. The summed E-state index contributed by atoms with van der Waals surface area (Å²) in [7, 11) is 1.18. The monoisotopic (exact) mass is 434 g/mol. The van der Waals surface area contributed by atoms with Gasteiger partial charge in [-0.3, -0.25) is 9.59 Å². The van der Waals surface area contributed by atoms with E-state index in [0.717, 1.165) is 5.56 Å². The molecule has 0 unspecified atom stereocenters. The smallest absolute Gasteiger partial charge is 0.336 e. The van der Waals surface area contributed by atoms with Crippen molar-refractivity contribution in [2.24, 2.45) is 11.5 Å². The van der Waals surface area contributed by atoms with Crippen LogP contribution in [0.25, 0.3) is 0 Å². The van der Waals surface area contributed by atoms with E-state index in [1.807, 2.05) is 30.3 Å². The number of amides is 2. The molecule has 0 aliphatic carbocycles. The van der Waals surface area contributed by atoms with E-state index in [1.54, 1.807) is 0 Å². The van der Waals surface area contributed by atoms with Crippen LogP contribution >= 0.6 is 0 Å². The molecule has 9 heteroatoms. The van der Waals surface area contributed by atoms with Crippen LogP contribution in [0, 0.1) is 0 Å². The normalized spacial score (nSPS) is 18.8. The van der Waals surface area contributed by atoms with Gasteiger partial charge in [0, 0.05) is 6.54 Å². The number of ether oxygens (including phenoxy) is 1. The highest BCUT2D eigenvalue weighted by Gasteiger charge is 2.38. The molecule has 2 amide bonds. The lowest BCUT2D eigenvalue weighted by molar-refractivity contribution is -0.153. The van der Waals surface area contributed by atoms with Crippen LogP contribution in [0.2, 0.25) is 0 Å². The zero-order valence-corrected chi connectivity index (χ0v) is 18.0. The Labute approximate surface area is 183 Å². The third-order valence-electron chi connectivity index (χ3n) is 5.57. The summed E-state index contributed by atoms with van der Waals surface area (Å²) in [5.41, 5.74) is 12.6. The number of methoxy groups -OCH3 is 1. The summed E-state index contributed by atoms with van der Waals surface area (Å²) in [6.45, 7) is 0.913. The second-order valence-electron chi connectivity index (χ2n) is 7.85. The first kappa shape index (κ1) is 24.8. The highest BCUT2D eigenvalue weighted by molar-refractivity contribution is 5.91. The number of hydrogen-bond acceptors (Lipinski definition) is 7. The Hall–Kier alpha value is -2.49. The molecular formula is C22H34N4O5. The molecule has 1 aromatic rings. The summed E-state index contributed by atoms with van der Waals surface area (Å²) in [6.07, 6.45) is 1.77. The average Bonchev–Trinajstić information content (AvgIpc) is 3.27. The van der Waals surface area contributed by atoms with E-state index in [4.69, 9.17) is 11.5 Å². The fourth-order valence-corrected chi connectivity index (χ4v) is 3.85. The van der Waals surface area contributed by atoms with Crippen molar-refractivity contribution in [3.8, 4) is 0 Å². The van der Waals surface area contributed by atoms with Crippen molar-refractivity contribution in [1.82, 2.24) is 10.2 Å². The van der Waals surface area contributed by atoms with E-state index in [1.165, 1.54) is 12.0 Å². The summed E-state index contributed by atoms with van der Waals surface area (Å²) in [4.78, 5) is 39.2. The third kappa shape index (κ3) is 7.02. The molecule has 0 saturated carbocycles. The van der Waals surface area contributed by atoms with Gasteiger partial charge in [-0.15, -0.1) is 0 Å². The van der Waals surface area contributed by atoms with Crippen LogP contribution in [0.1, 0.15) is 37.7 Å².